The van der Waals surface area contributed by atoms with Crippen LogP contribution in [0.25, 0.3) is 0 Å². The van der Waals surface area contributed by atoms with Gasteiger partial charge in [0.05, 0.1) is 0 Å². The Morgan fingerprint density at radius 3 is 2.62 bits per heavy atom. The molecule has 0 aliphatic heterocycles. The monoisotopic (exact) mass is 286 g/mol. The van der Waals surface area contributed by atoms with E-state index in [2.05, 4.69) is 0 Å². The molecule has 0 saturated carbocycles. The van der Waals surface area contributed by atoms with Crippen LogP contribution in [0, 0.1) is 10.1 Å². The summed E-state index contributed by atoms with van der Waals surface area (Å²) in [5, 5.41) is 28.3. The number of para-hydroxylation sites is 1. The predicted molar refractivity (Wildman–Crippen MR) is 57.0 cm³/mol. The average Bonchev–Trinajstić information content (AvgIpc) is 2.25. The molecule has 1 radical (unpaired) electrons. The Bertz CT molecular complexity index is 409. The number of aliphatic carboxylic acids is 1. The first kappa shape index (κ1) is 12.7. The van der Waals surface area contributed by atoms with Crippen molar-refractivity contribution in [2.24, 2.45) is 0 Å². The molecule has 2 N–H and O–H groups in total. The van der Waals surface area contributed by atoms with Gasteiger partial charge in [0.1, 0.15) is 0 Å². The van der Waals surface area contributed by atoms with E-state index in [1.807, 2.05) is 0 Å². The number of aliphatic hydroxyl groups excluding tert-OH is 1. The van der Waals surface area contributed by atoms with Gasteiger partial charge in [0, 0.05) is 0 Å². The summed E-state index contributed by atoms with van der Waals surface area (Å²) >= 11 is -0.967. The van der Waals surface area contributed by atoms with Gasteiger partial charge in [0.2, 0.25) is 0 Å². The zero-order valence-corrected chi connectivity index (χ0v) is 9.98. The van der Waals surface area contributed by atoms with Gasteiger partial charge >= 0.3 is 97.4 Å². The fourth-order valence-corrected chi connectivity index (χ4v) is 3.14. The summed E-state index contributed by atoms with van der Waals surface area (Å²) in [6, 6.07) is 6.01. The number of nitro benzene ring substituents is 1. The van der Waals surface area contributed by atoms with E-state index in [-0.39, 0.29) is 5.69 Å². The van der Waals surface area contributed by atoms with Gasteiger partial charge in [-0.05, 0) is 0 Å². The first-order valence-corrected chi connectivity index (χ1v) is 6.36. The number of hydrogen-bond donors (Lipinski definition) is 2. The molecule has 1 unspecified atom stereocenters. The molecular weight excluding hydrogens is 277 g/mol. The van der Waals surface area contributed by atoms with E-state index in [9.17, 15) is 14.9 Å². The van der Waals surface area contributed by atoms with Crippen LogP contribution in [0.5, 0.6) is 0 Å². The molecule has 0 spiro atoms. The number of carboxylic acid groups (broad SMARTS) is 1. The minimum absolute atomic E-state index is 0.0813. The third-order valence-electron chi connectivity index (χ3n) is 1.83. The Balaban J connectivity index is 2.95. The van der Waals surface area contributed by atoms with Gasteiger partial charge in [-0.1, -0.05) is 0 Å². The number of hydrogen-bond acceptors (Lipinski definition) is 4. The topological polar surface area (TPSA) is 101 Å². The number of benzene rings is 1. The summed E-state index contributed by atoms with van der Waals surface area (Å²) in [7, 11) is 0. The fourth-order valence-electron chi connectivity index (χ4n) is 1.07. The van der Waals surface area contributed by atoms with Crippen LogP contribution in [0.2, 0.25) is 4.71 Å². The molecule has 1 aromatic carbocycles. The Labute approximate surface area is 97.7 Å². The molecule has 0 aromatic heterocycles. The van der Waals surface area contributed by atoms with Crippen LogP contribution in [0.3, 0.4) is 0 Å². The van der Waals surface area contributed by atoms with Crippen molar-refractivity contribution < 1.29 is 19.9 Å². The van der Waals surface area contributed by atoms with E-state index in [0.717, 1.165) is 0 Å². The number of rotatable bonds is 5. The molecule has 0 aliphatic rings. The minimum atomic E-state index is -1.12. The van der Waals surface area contributed by atoms with E-state index in [4.69, 9.17) is 10.2 Å². The molecular formula is C9H9AsNO5. The van der Waals surface area contributed by atoms with Crippen LogP contribution in [0.1, 0.15) is 0 Å². The Morgan fingerprint density at radius 2 is 2.12 bits per heavy atom. The molecule has 1 aromatic rings. The van der Waals surface area contributed by atoms with Crippen molar-refractivity contribution in [3.05, 3.63) is 34.4 Å². The van der Waals surface area contributed by atoms with Crippen LogP contribution in [-0.2, 0) is 4.79 Å². The number of carboxylic acids is 1. The normalized spacial score (nSPS) is 12.8. The van der Waals surface area contributed by atoms with Gasteiger partial charge in [-0.15, -0.1) is 0 Å². The summed E-state index contributed by atoms with van der Waals surface area (Å²) in [6.45, 7) is -0.499. The SMILES string of the molecule is O=C(O)C(CO)[As]c1ccccc1[N+](=O)[O-]. The fraction of sp³-hybridized carbons (Fsp3) is 0.222. The Morgan fingerprint density at radius 1 is 1.50 bits per heavy atom. The number of aliphatic hydroxyl groups is 1. The van der Waals surface area contributed by atoms with Crippen LogP contribution in [0.15, 0.2) is 24.3 Å². The molecule has 7 heteroatoms. The third-order valence-corrected chi connectivity index (χ3v) is 4.67. The molecule has 6 nitrogen and oxygen atoms in total. The summed E-state index contributed by atoms with van der Waals surface area (Å²) in [5.74, 6) is -1.12. The molecule has 0 bridgehead atoms. The summed E-state index contributed by atoms with van der Waals surface area (Å²) < 4.78 is -0.512. The van der Waals surface area contributed by atoms with Crippen LogP contribution in [0.4, 0.5) is 5.69 Å². The van der Waals surface area contributed by atoms with E-state index < -0.39 is 38.0 Å². The molecule has 0 fully saturated rings. The first-order chi connectivity index (χ1) is 7.56. The van der Waals surface area contributed by atoms with Crippen LogP contribution >= 0.6 is 0 Å². The van der Waals surface area contributed by atoms with Gasteiger partial charge in [0.15, 0.2) is 0 Å². The molecule has 0 heterocycles. The zero-order valence-electron chi connectivity index (χ0n) is 8.11. The molecule has 16 heavy (non-hydrogen) atoms. The van der Waals surface area contributed by atoms with Crippen molar-refractivity contribution in [1.29, 1.82) is 0 Å². The van der Waals surface area contributed by atoms with E-state index >= 15 is 0 Å². The average molecular weight is 286 g/mol. The first-order valence-electron chi connectivity index (χ1n) is 4.34. The molecule has 0 amide bonds. The van der Waals surface area contributed by atoms with Crippen LogP contribution < -0.4 is 4.35 Å². The van der Waals surface area contributed by atoms with Crippen molar-refractivity contribution in [2.45, 2.75) is 4.71 Å². The van der Waals surface area contributed by atoms with Gasteiger partial charge in [-0.25, -0.2) is 0 Å². The van der Waals surface area contributed by atoms with Gasteiger partial charge in [0.25, 0.3) is 0 Å². The van der Waals surface area contributed by atoms with Gasteiger partial charge in [-0.2, -0.15) is 0 Å². The zero-order chi connectivity index (χ0) is 12.1. The second-order valence-electron chi connectivity index (χ2n) is 2.91. The van der Waals surface area contributed by atoms with Crippen molar-refractivity contribution in [3.63, 3.8) is 0 Å². The Hall–Kier alpha value is -1.39. The summed E-state index contributed by atoms with van der Waals surface area (Å²) in [5.41, 5.74) is -0.0813. The standard InChI is InChI=1S/C9H9AsNO5/c12-5-7(9(13)14)10-6-3-1-2-4-8(6)11(15)16/h1-4,7,12H,5H2,(H,13,14). The van der Waals surface area contributed by atoms with Gasteiger partial charge in [-0.3, -0.25) is 0 Å². The second-order valence-corrected chi connectivity index (χ2v) is 5.77. The molecule has 1 rings (SSSR count). The maximum atomic E-state index is 10.7. The summed E-state index contributed by atoms with van der Waals surface area (Å²) in [4.78, 5) is 20.8. The van der Waals surface area contributed by atoms with Gasteiger partial charge < -0.3 is 0 Å². The van der Waals surface area contributed by atoms with Crippen LogP contribution in [-0.4, -0.2) is 43.5 Å². The maximum absolute atomic E-state index is 10.7. The number of nitrogens with zero attached hydrogens (tertiary/aromatic N) is 1. The van der Waals surface area contributed by atoms with Crippen molar-refractivity contribution in [1.82, 2.24) is 0 Å². The van der Waals surface area contributed by atoms with E-state index in [0.29, 0.717) is 4.35 Å². The second kappa shape index (κ2) is 5.63. The molecule has 0 saturated heterocycles. The number of carbonyl (C=O) groups is 1. The third kappa shape index (κ3) is 3.05. The molecule has 0 aliphatic carbocycles. The quantitative estimate of drug-likeness (QED) is 0.443. The molecule has 1 atom stereocenters. The Kier molecular flexibility index (Phi) is 4.46. The van der Waals surface area contributed by atoms with Crippen molar-refractivity contribution in [2.75, 3.05) is 6.61 Å². The van der Waals surface area contributed by atoms with E-state index in [1.165, 1.54) is 18.2 Å². The van der Waals surface area contributed by atoms with E-state index in [1.54, 1.807) is 6.07 Å². The van der Waals surface area contributed by atoms with Crippen molar-refractivity contribution in [3.8, 4) is 0 Å². The summed E-state index contributed by atoms with van der Waals surface area (Å²) in [6.07, 6.45) is 0. The predicted octanol–water partition coefficient (Wildman–Crippen LogP) is -0.210. The van der Waals surface area contributed by atoms with Crippen molar-refractivity contribution >= 4 is 31.8 Å². The molecule has 85 valence electrons. The number of nitro groups is 1.